The molecule has 0 bridgehead atoms. The summed E-state index contributed by atoms with van der Waals surface area (Å²) in [5.74, 6) is -0.826. The average Bonchev–Trinajstić information content (AvgIpc) is 2.94. The molecule has 190 valence electrons. The second-order valence-electron chi connectivity index (χ2n) is 9.78. The largest absolute Gasteiger partial charge is 0.361 e. The molecular weight excluding hydrogens is 474 g/mol. The number of amides is 2. The number of carbonyl (C=O) groups is 2. The summed E-state index contributed by atoms with van der Waals surface area (Å²) in [6, 6.07) is 23.5. The van der Waals surface area contributed by atoms with Crippen LogP contribution in [0.15, 0.2) is 85.2 Å². The third kappa shape index (κ3) is 5.01. The first kappa shape index (κ1) is 23.9. The Hall–Kier alpha value is -4.49. The molecule has 1 saturated heterocycles. The molecular formula is C31H29N5O2. The van der Waals surface area contributed by atoms with Gasteiger partial charge in [0.15, 0.2) is 0 Å². The zero-order chi connectivity index (χ0) is 25.9. The Morgan fingerprint density at radius 3 is 2.50 bits per heavy atom. The maximum Gasteiger partial charge on any atom is 0.260 e. The third-order valence-corrected chi connectivity index (χ3v) is 7.14. The number of fused-ring (bicyclic) bond motifs is 2. The second kappa shape index (κ2) is 10.5. The standard InChI is InChI=1S/C31H29N5O2/c37-30-24-14-13-23(34-29-8-4-7-28-25(29)6-5-15-32-28)18-26(24)27(31(38)35-30)19-33-22-11-9-21(10-12-22)20-36-16-2-1-3-17-36/h4-15,18-19,33-34H,1-3,16-17,20H2,(H,35,37,38)/b27-19-. The van der Waals surface area contributed by atoms with Crippen molar-refractivity contribution < 1.29 is 9.59 Å². The first-order valence-corrected chi connectivity index (χ1v) is 13.0. The molecule has 3 aromatic carbocycles. The van der Waals surface area contributed by atoms with Crippen LogP contribution in [0.1, 0.15) is 40.7 Å². The summed E-state index contributed by atoms with van der Waals surface area (Å²) in [6.45, 7) is 3.28. The average molecular weight is 504 g/mol. The van der Waals surface area contributed by atoms with E-state index in [4.69, 9.17) is 0 Å². The van der Waals surface area contributed by atoms with Crippen LogP contribution in [0.3, 0.4) is 0 Å². The fourth-order valence-electron chi connectivity index (χ4n) is 5.15. The Bertz CT molecular complexity index is 1530. The van der Waals surface area contributed by atoms with Gasteiger partial charge < -0.3 is 10.6 Å². The molecule has 2 amide bonds. The van der Waals surface area contributed by atoms with Gasteiger partial charge in [0.1, 0.15) is 0 Å². The number of hydrogen-bond acceptors (Lipinski definition) is 6. The summed E-state index contributed by atoms with van der Waals surface area (Å²) in [5.41, 5.74) is 6.15. The fourth-order valence-corrected chi connectivity index (χ4v) is 5.15. The number of hydrogen-bond donors (Lipinski definition) is 3. The number of piperidine rings is 1. The number of rotatable bonds is 6. The lowest BCUT2D eigenvalue weighted by molar-refractivity contribution is -0.114. The van der Waals surface area contributed by atoms with E-state index in [9.17, 15) is 9.59 Å². The summed E-state index contributed by atoms with van der Waals surface area (Å²) in [7, 11) is 0. The molecule has 0 aliphatic carbocycles. The van der Waals surface area contributed by atoms with Gasteiger partial charge in [0.2, 0.25) is 0 Å². The van der Waals surface area contributed by atoms with Crippen molar-refractivity contribution in [1.82, 2.24) is 15.2 Å². The van der Waals surface area contributed by atoms with Crippen molar-refractivity contribution in [3.8, 4) is 0 Å². The number of pyridine rings is 1. The van der Waals surface area contributed by atoms with Gasteiger partial charge in [0.25, 0.3) is 11.8 Å². The molecule has 4 aromatic rings. The minimum absolute atomic E-state index is 0.398. The predicted octanol–water partition coefficient (Wildman–Crippen LogP) is 5.69. The number of imide groups is 1. The Kier molecular flexibility index (Phi) is 6.58. The molecule has 7 heteroatoms. The number of likely N-dealkylation sites (tertiary alicyclic amines) is 1. The molecule has 0 unspecified atom stereocenters. The summed E-state index contributed by atoms with van der Waals surface area (Å²) >= 11 is 0. The number of aromatic nitrogens is 1. The topological polar surface area (TPSA) is 86.4 Å². The number of nitrogens with one attached hydrogen (secondary N) is 3. The first-order valence-electron chi connectivity index (χ1n) is 13.0. The van der Waals surface area contributed by atoms with Crippen LogP contribution in [-0.2, 0) is 11.3 Å². The van der Waals surface area contributed by atoms with Gasteiger partial charge in [0, 0.05) is 52.5 Å². The lowest BCUT2D eigenvalue weighted by atomic mass is 9.94. The molecule has 3 heterocycles. The summed E-state index contributed by atoms with van der Waals surface area (Å²) in [6.07, 6.45) is 7.31. The van der Waals surface area contributed by atoms with Crippen molar-refractivity contribution >= 4 is 45.4 Å². The minimum Gasteiger partial charge on any atom is -0.361 e. The number of anilines is 3. The van der Waals surface area contributed by atoms with Gasteiger partial charge in [-0.05, 0) is 86.1 Å². The normalized spacial score (nSPS) is 16.8. The smallest absolute Gasteiger partial charge is 0.260 e. The lowest BCUT2D eigenvalue weighted by Crippen LogP contribution is -2.36. The molecule has 6 rings (SSSR count). The van der Waals surface area contributed by atoms with Crippen LogP contribution in [-0.4, -0.2) is 34.8 Å². The minimum atomic E-state index is -0.428. The molecule has 7 nitrogen and oxygen atoms in total. The molecule has 0 atom stereocenters. The first-order chi connectivity index (χ1) is 18.6. The highest BCUT2D eigenvalue weighted by atomic mass is 16.2. The van der Waals surface area contributed by atoms with Gasteiger partial charge in [-0.25, -0.2) is 0 Å². The van der Waals surface area contributed by atoms with Gasteiger partial charge in [-0.15, -0.1) is 0 Å². The quantitative estimate of drug-likeness (QED) is 0.232. The SMILES string of the molecule is O=C1NC(=O)c2ccc(Nc3cccc4ncccc34)cc2/C1=C/Nc1ccc(CN2CCCCC2)cc1. The van der Waals surface area contributed by atoms with Crippen molar-refractivity contribution in [2.45, 2.75) is 25.8 Å². The van der Waals surface area contributed by atoms with Gasteiger partial charge in [0.05, 0.1) is 11.1 Å². The van der Waals surface area contributed by atoms with Crippen LogP contribution in [0.25, 0.3) is 16.5 Å². The zero-order valence-electron chi connectivity index (χ0n) is 21.0. The summed E-state index contributed by atoms with van der Waals surface area (Å²) in [5, 5.41) is 10.1. The molecule has 38 heavy (non-hydrogen) atoms. The van der Waals surface area contributed by atoms with Crippen LogP contribution in [0, 0.1) is 0 Å². The lowest BCUT2D eigenvalue weighted by Gasteiger charge is -2.26. The Morgan fingerprint density at radius 2 is 1.66 bits per heavy atom. The molecule has 2 aliphatic heterocycles. The highest BCUT2D eigenvalue weighted by Crippen LogP contribution is 2.31. The molecule has 0 radical (unpaired) electrons. The van der Waals surface area contributed by atoms with Gasteiger partial charge in [-0.2, -0.15) is 0 Å². The molecule has 1 aromatic heterocycles. The fraction of sp³-hybridized carbons (Fsp3) is 0.194. The van der Waals surface area contributed by atoms with E-state index in [0.717, 1.165) is 47.6 Å². The third-order valence-electron chi connectivity index (χ3n) is 7.14. The van der Waals surface area contributed by atoms with Crippen LogP contribution in [0.2, 0.25) is 0 Å². The van der Waals surface area contributed by atoms with Crippen LogP contribution in [0.5, 0.6) is 0 Å². The van der Waals surface area contributed by atoms with Crippen LogP contribution in [0.4, 0.5) is 17.1 Å². The van der Waals surface area contributed by atoms with E-state index >= 15 is 0 Å². The maximum atomic E-state index is 12.8. The highest BCUT2D eigenvalue weighted by molar-refractivity contribution is 6.31. The summed E-state index contributed by atoms with van der Waals surface area (Å²) < 4.78 is 0. The number of benzene rings is 3. The van der Waals surface area contributed by atoms with E-state index in [1.165, 1.54) is 24.8 Å². The maximum absolute atomic E-state index is 12.8. The Labute approximate surface area is 221 Å². The number of nitrogens with zero attached hydrogens (tertiary/aromatic N) is 2. The van der Waals surface area contributed by atoms with Crippen LogP contribution >= 0.6 is 0 Å². The van der Waals surface area contributed by atoms with Crippen molar-refractivity contribution in [3.05, 3.63) is 102 Å². The van der Waals surface area contributed by atoms with Crippen LogP contribution < -0.4 is 16.0 Å². The van der Waals surface area contributed by atoms with E-state index in [0.29, 0.717) is 16.7 Å². The monoisotopic (exact) mass is 503 g/mol. The zero-order valence-corrected chi connectivity index (χ0v) is 21.0. The number of carbonyl (C=O) groups excluding carboxylic acids is 2. The summed E-state index contributed by atoms with van der Waals surface area (Å²) in [4.78, 5) is 32.3. The van der Waals surface area contributed by atoms with Crippen molar-refractivity contribution in [2.75, 3.05) is 23.7 Å². The van der Waals surface area contributed by atoms with Crippen molar-refractivity contribution in [1.29, 1.82) is 0 Å². The van der Waals surface area contributed by atoms with Crippen molar-refractivity contribution in [2.24, 2.45) is 0 Å². The van der Waals surface area contributed by atoms with Gasteiger partial charge >= 0.3 is 0 Å². The Balaban J connectivity index is 1.24. The molecule has 1 fully saturated rings. The molecule has 3 N–H and O–H groups in total. The van der Waals surface area contributed by atoms with Crippen molar-refractivity contribution in [3.63, 3.8) is 0 Å². The van der Waals surface area contributed by atoms with E-state index < -0.39 is 11.8 Å². The van der Waals surface area contributed by atoms with E-state index in [2.05, 4.69) is 38.0 Å². The Morgan fingerprint density at radius 1 is 0.842 bits per heavy atom. The van der Waals surface area contributed by atoms with E-state index in [1.807, 2.05) is 54.6 Å². The molecule has 2 aliphatic rings. The van der Waals surface area contributed by atoms with Gasteiger partial charge in [-0.1, -0.05) is 24.6 Å². The van der Waals surface area contributed by atoms with Gasteiger partial charge in [-0.3, -0.25) is 24.8 Å². The second-order valence-corrected chi connectivity index (χ2v) is 9.78. The van der Waals surface area contributed by atoms with E-state index in [-0.39, 0.29) is 0 Å². The molecule has 0 spiro atoms. The molecule has 0 saturated carbocycles. The van der Waals surface area contributed by atoms with E-state index in [1.54, 1.807) is 18.5 Å². The highest BCUT2D eigenvalue weighted by Gasteiger charge is 2.27. The predicted molar refractivity (Wildman–Crippen MR) is 151 cm³/mol.